The molecule has 3 nitrogen and oxygen atoms in total. The molecule has 15 heavy (non-hydrogen) atoms. The lowest BCUT2D eigenvalue weighted by Crippen LogP contribution is -2.58. The van der Waals surface area contributed by atoms with Crippen LogP contribution in [-0.2, 0) is 4.79 Å². The van der Waals surface area contributed by atoms with E-state index in [0.717, 1.165) is 0 Å². The van der Waals surface area contributed by atoms with Crippen molar-refractivity contribution in [3.63, 3.8) is 0 Å². The quantitative estimate of drug-likeness (QED) is 0.724. The fraction of sp³-hybridized carbons (Fsp3) is 0.750. The maximum Gasteiger partial charge on any atom is 0.243 e. The van der Waals surface area contributed by atoms with Gasteiger partial charge in [0.25, 0.3) is 0 Å². The van der Waals surface area contributed by atoms with Crippen molar-refractivity contribution in [3.8, 4) is 0 Å². The van der Waals surface area contributed by atoms with Crippen LogP contribution in [0.2, 0.25) is 0 Å². The van der Waals surface area contributed by atoms with Crippen molar-refractivity contribution in [1.82, 2.24) is 4.90 Å². The number of amides is 1. The second kappa shape index (κ2) is 4.79. The summed E-state index contributed by atoms with van der Waals surface area (Å²) >= 11 is 0. The second-order valence-electron chi connectivity index (χ2n) is 5.15. The summed E-state index contributed by atoms with van der Waals surface area (Å²) in [5.74, 6) is -0.0163. The van der Waals surface area contributed by atoms with E-state index in [9.17, 15) is 4.79 Å². The maximum atomic E-state index is 12.2. The molecule has 0 spiro atoms. The van der Waals surface area contributed by atoms with Gasteiger partial charge >= 0.3 is 0 Å². The molecule has 1 unspecified atom stereocenters. The van der Waals surface area contributed by atoms with E-state index in [1.807, 2.05) is 27.7 Å². The molecular formula is C12H24N2O. The van der Waals surface area contributed by atoms with E-state index < -0.39 is 5.54 Å². The van der Waals surface area contributed by atoms with Crippen LogP contribution in [0, 0.1) is 0 Å². The Labute approximate surface area is 93.3 Å². The molecule has 0 saturated heterocycles. The molecule has 0 aromatic heterocycles. The summed E-state index contributed by atoms with van der Waals surface area (Å²) in [7, 11) is 0. The molecule has 0 saturated carbocycles. The lowest BCUT2D eigenvalue weighted by atomic mass is 9.95. The molecule has 0 aliphatic rings. The van der Waals surface area contributed by atoms with Crippen molar-refractivity contribution >= 4 is 5.91 Å². The molecular weight excluding hydrogens is 188 g/mol. The van der Waals surface area contributed by atoms with Crippen LogP contribution >= 0.6 is 0 Å². The number of hydrogen-bond acceptors (Lipinski definition) is 2. The second-order valence-corrected chi connectivity index (χ2v) is 5.15. The largest absolute Gasteiger partial charge is 0.333 e. The molecule has 0 aliphatic carbocycles. The van der Waals surface area contributed by atoms with E-state index in [0.29, 0.717) is 13.0 Å². The van der Waals surface area contributed by atoms with Gasteiger partial charge in [0.05, 0.1) is 5.54 Å². The third-order valence-corrected chi connectivity index (χ3v) is 2.59. The van der Waals surface area contributed by atoms with Gasteiger partial charge in [-0.3, -0.25) is 4.79 Å². The minimum Gasteiger partial charge on any atom is -0.333 e. The first-order valence-electron chi connectivity index (χ1n) is 5.38. The summed E-state index contributed by atoms with van der Waals surface area (Å²) in [6, 6.07) is 0. The Morgan fingerprint density at radius 3 is 2.13 bits per heavy atom. The molecule has 88 valence electrons. The van der Waals surface area contributed by atoms with E-state index in [2.05, 4.69) is 6.58 Å². The van der Waals surface area contributed by atoms with Gasteiger partial charge in [-0.05, 0) is 34.1 Å². The summed E-state index contributed by atoms with van der Waals surface area (Å²) in [6.45, 7) is 13.9. The zero-order valence-corrected chi connectivity index (χ0v) is 10.6. The maximum absolute atomic E-state index is 12.2. The van der Waals surface area contributed by atoms with Crippen molar-refractivity contribution in [3.05, 3.63) is 12.7 Å². The van der Waals surface area contributed by atoms with Gasteiger partial charge in [0, 0.05) is 12.1 Å². The average Bonchev–Trinajstić information content (AvgIpc) is 2.11. The zero-order chi connectivity index (χ0) is 12.3. The number of rotatable bonds is 4. The minimum absolute atomic E-state index is 0.0163. The molecule has 2 N–H and O–H groups in total. The van der Waals surface area contributed by atoms with Crippen LogP contribution in [0.3, 0.4) is 0 Å². The normalized spacial score (nSPS) is 15.6. The molecule has 1 amide bonds. The highest BCUT2D eigenvalue weighted by Gasteiger charge is 2.35. The first kappa shape index (κ1) is 14.2. The molecule has 1 atom stereocenters. The minimum atomic E-state index is -0.781. The Bertz CT molecular complexity index is 238. The number of nitrogens with two attached hydrogens (primary N) is 1. The van der Waals surface area contributed by atoms with Crippen molar-refractivity contribution in [1.29, 1.82) is 0 Å². The molecule has 0 aromatic rings. The first-order chi connectivity index (χ1) is 6.66. The van der Waals surface area contributed by atoms with E-state index in [4.69, 9.17) is 5.73 Å². The molecule has 0 heterocycles. The Morgan fingerprint density at radius 1 is 1.40 bits per heavy atom. The lowest BCUT2D eigenvalue weighted by Gasteiger charge is -2.39. The van der Waals surface area contributed by atoms with Gasteiger partial charge < -0.3 is 10.6 Å². The van der Waals surface area contributed by atoms with E-state index in [1.54, 1.807) is 17.9 Å². The predicted molar refractivity (Wildman–Crippen MR) is 64.5 cm³/mol. The third-order valence-electron chi connectivity index (χ3n) is 2.59. The molecule has 0 radical (unpaired) electrons. The first-order valence-corrected chi connectivity index (χ1v) is 5.38. The van der Waals surface area contributed by atoms with E-state index in [1.165, 1.54) is 0 Å². The lowest BCUT2D eigenvalue weighted by molar-refractivity contribution is -0.140. The van der Waals surface area contributed by atoms with Crippen LogP contribution in [0.25, 0.3) is 0 Å². The summed E-state index contributed by atoms with van der Waals surface area (Å²) in [6.07, 6.45) is 2.37. The highest BCUT2D eigenvalue weighted by Crippen LogP contribution is 2.19. The Balaban J connectivity index is 4.95. The van der Waals surface area contributed by atoms with Gasteiger partial charge in [-0.25, -0.2) is 0 Å². The van der Waals surface area contributed by atoms with Crippen LogP contribution in [0.15, 0.2) is 12.7 Å². The van der Waals surface area contributed by atoms with Gasteiger partial charge in [0.1, 0.15) is 0 Å². The number of hydrogen-bond donors (Lipinski definition) is 1. The SMILES string of the molecule is C=CCN(C(=O)C(C)(N)CC)C(C)(C)C. The third kappa shape index (κ3) is 3.67. The Hall–Kier alpha value is -0.830. The average molecular weight is 212 g/mol. The highest BCUT2D eigenvalue weighted by molar-refractivity contribution is 5.86. The van der Waals surface area contributed by atoms with Crippen LogP contribution in [0.1, 0.15) is 41.0 Å². The smallest absolute Gasteiger partial charge is 0.243 e. The van der Waals surface area contributed by atoms with Crippen LogP contribution in [0.5, 0.6) is 0 Å². The van der Waals surface area contributed by atoms with Gasteiger partial charge in [-0.15, -0.1) is 6.58 Å². The van der Waals surface area contributed by atoms with Gasteiger partial charge in [0.15, 0.2) is 0 Å². The molecule has 0 aliphatic heterocycles. The van der Waals surface area contributed by atoms with Crippen LogP contribution in [-0.4, -0.2) is 28.4 Å². The summed E-state index contributed by atoms with van der Waals surface area (Å²) in [4.78, 5) is 14.0. The summed E-state index contributed by atoms with van der Waals surface area (Å²) in [5, 5.41) is 0. The van der Waals surface area contributed by atoms with Crippen molar-refractivity contribution < 1.29 is 4.79 Å². The number of nitrogens with zero attached hydrogens (tertiary/aromatic N) is 1. The molecule has 0 aromatic carbocycles. The van der Waals surface area contributed by atoms with Crippen molar-refractivity contribution in [2.24, 2.45) is 5.73 Å². The Kier molecular flexibility index (Phi) is 4.53. The monoisotopic (exact) mass is 212 g/mol. The van der Waals surface area contributed by atoms with Gasteiger partial charge in [-0.2, -0.15) is 0 Å². The zero-order valence-electron chi connectivity index (χ0n) is 10.6. The van der Waals surface area contributed by atoms with Crippen LogP contribution < -0.4 is 5.73 Å². The highest BCUT2D eigenvalue weighted by atomic mass is 16.2. The number of carbonyl (C=O) groups excluding carboxylic acids is 1. The fourth-order valence-corrected chi connectivity index (χ4v) is 1.25. The molecule has 0 bridgehead atoms. The molecule has 0 fully saturated rings. The topological polar surface area (TPSA) is 46.3 Å². The van der Waals surface area contributed by atoms with Gasteiger partial charge in [0.2, 0.25) is 5.91 Å². The molecule has 0 rings (SSSR count). The van der Waals surface area contributed by atoms with Gasteiger partial charge in [-0.1, -0.05) is 13.0 Å². The summed E-state index contributed by atoms with van der Waals surface area (Å²) in [5.41, 5.74) is 4.96. The summed E-state index contributed by atoms with van der Waals surface area (Å²) < 4.78 is 0. The standard InChI is InChI=1S/C12H24N2O/c1-7-9-14(11(3,4)5)10(15)12(6,13)8-2/h7H,1,8-9,13H2,2-6H3. The Morgan fingerprint density at radius 2 is 1.87 bits per heavy atom. The molecule has 3 heteroatoms. The van der Waals surface area contributed by atoms with E-state index >= 15 is 0 Å². The van der Waals surface area contributed by atoms with Crippen molar-refractivity contribution in [2.75, 3.05) is 6.54 Å². The van der Waals surface area contributed by atoms with Crippen molar-refractivity contribution in [2.45, 2.75) is 52.1 Å². The fourth-order valence-electron chi connectivity index (χ4n) is 1.25. The van der Waals surface area contributed by atoms with E-state index in [-0.39, 0.29) is 11.4 Å². The van der Waals surface area contributed by atoms with Crippen LogP contribution in [0.4, 0.5) is 0 Å². The number of carbonyl (C=O) groups is 1. The predicted octanol–water partition coefficient (Wildman–Crippen LogP) is 1.93.